The van der Waals surface area contributed by atoms with Gasteiger partial charge < -0.3 is 9.84 Å². The maximum atomic E-state index is 12.8. The Hall–Kier alpha value is -1.49. The van der Waals surface area contributed by atoms with Crippen molar-refractivity contribution >= 4 is 17.5 Å². The van der Waals surface area contributed by atoms with Crippen LogP contribution in [-0.4, -0.2) is 35.4 Å². The second kappa shape index (κ2) is 6.79. The number of allylic oxidation sites excluding steroid dienone is 1. The molecule has 0 amide bonds. The third-order valence-electron chi connectivity index (χ3n) is 8.70. The van der Waals surface area contributed by atoms with Crippen LogP contribution >= 0.6 is 0 Å². The second-order valence-corrected chi connectivity index (χ2v) is 10.0. The van der Waals surface area contributed by atoms with Crippen LogP contribution in [0.25, 0.3) is 0 Å². The summed E-state index contributed by atoms with van der Waals surface area (Å²) in [6, 6.07) is 0. The fourth-order valence-electron chi connectivity index (χ4n) is 7.49. The summed E-state index contributed by atoms with van der Waals surface area (Å²) in [6.45, 7) is 5.58. The first-order valence-corrected chi connectivity index (χ1v) is 10.7. The van der Waals surface area contributed by atoms with E-state index in [-0.39, 0.29) is 40.8 Å². The molecule has 0 aromatic rings. The van der Waals surface area contributed by atoms with Crippen molar-refractivity contribution < 1.29 is 24.2 Å². The summed E-state index contributed by atoms with van der Waals surface area (Å²) in [6.07, 6.45) is 7.12. The first kappa shape index (κ1) is 19.8. The van der Waals surface area contributed by atoms with Crippen LogP contribution in [-0.2, 0) is 19.1 Å². The van der Waals surface area contributed by atoms with E-state index in [4.69, 9.17) is 4.74 Å². The van der Waals surface area contributed by atoms with E-state index in [2.05, 4.69) is 13.8 Å². The summed E-state index contributed by atoms with van der Waals surface area (Å²) < 4.78 is 4.98. The van der Waals surface area contributed by atoms with Crippen molar-refractivity contribution in [1.82, 2.24) is 0 Å². The van der Waals surface area contributed by atoms with Gasteiger partial charge in [-0.1, -0.05) is 19.4 Å². The molecule has 7 atom stereocenters. The van der Waals surface area contributed by atoms with E-state index in [1.165, 1.54) is 12.5 Å². The van der Waals surface area contributed by atoms with Gasteiger partial charge in [0, 0.05) is 19.3 Å². The van der Waals surface area contributed by atoms with Gasteiger partial charge in [-0.05, 0) is 73.2 Å². The van der Waals surface area contributed by atoms with Crippen LogP contribution in [0.2, 0.25) is 0 Å². The minimum Gasteiger partial charge on any atom is -0.458 e. The lowest BCUT2D eigenvalue weighted by Crippen LogP contribution is -2.57. The van der Waals surface area contributed by atoms with Gasteiger partial charge in [0.25, 0.3) is 0 Å². The summed E-state index contributed by atoms with van der Waals surface area (Å²) in [5, 5.41) is 11.3. The van der Waals surface area contributed by atoms with Gasteiger partial charge >= 0.3 is 5.97 Å². The minimum absolute atomic E-state index is 0.00304. The summed E-state index contributed by atoms with van der Waals surface area (Å²) in [5.74, 6) is 0.600. The number of ether oxygens (including phenoxy) is 1. The number of rotatable bonds is 3. The maximum absolute atomic E-state index is 12.8. The van der Waals surface area contributed by atoms with Crippen molar-refractivity contribution in [3.05, 3.63) is 11.6 Å². The van der Waals surface area contributed by atoms with Crippen LogP contribution in [0, 0.1) is 34.5 Å². The van der Waals surface area contributed by atoms with Gasteiger partial charge in [0.2, 0.25) is 0 Å². The SMILES string of the molecule is CC(=O)OCC(=O)[C@H]1CC[C@H]2[C@@H]3CCC4=CC(=O)CC[C@]4(C)[C@H]3C(O)C[C@]12C. The predicted molar refractivity (Wildman–Crippen MR) is 103 cm³/mol. The predicted octanol–water partition coefficient (Wildman–Crippen LogP) is 3.24. The molecular weight excluding hydrogens is 356 g/mol. The molecule has 0 saturated heterocycles. The molecular formula is C23H32O5. The maximum Gasteiger partial charge on any atom is 0.303 e. The van der Waals surface area contributed by atoms with E-state index in [0.717, 1.165) is 32.1 Å². The van der Waals surface area contributed by atoms with Gasteiger partial charge in [0.05, 0.1) is 6.10 Å². The van der Waals surface area contributed by atoms with E-state index in [1.54, 1.807) is 0 Å². The number of carbonyl (C=O) groups excluding carboxylic acids is 3. The lowest BCUT2D eigenvalue weighted by atomic mass is 9.46. The van der Waals surface area contributed by atoms with Gasteiger partial charge in [0.15, 0.2) is 11.6 Å². The van der Waals surface area contributed by atoms with E-state index in [1.807, 2.05) is 6.08 Å². The lowest BCUT2D eigenvalue weighted by Gasteiger charge is -2.59. The molecule has 1 unspecified atom stereocenters. The molecule has 0 spiro atoms. The third-order valence-corrected chi connectivity index (χ3v) is 8.70. The van der Waals surface area contributed by atoms with Crippen LogP contribution in [0.1, 0.15) is 65.7 Å². The molecule has 3 saturated carbocycles. The number of hydrogen-bond acceptors (Lipinski definition) is 5. The number of aliphatic hydroxyl groups is 1. The number of Topliss-reactive ketones (excluding diaryl/α,β-unsaturated/α-hetero) is 1. The summed E-state index contributed by atoms with van der Waals surface area (Å²) in [5.41, 5.74) is 0.894. The molecule has 1 N–H and O–H groups in total. The molecule has 4 aliphatic rings. The Labute approximate surface area is 166 Å². The van der Waals surface area contributed by atoms with Gasteiger partial charge in [0.1, 0.15) is 6.61 Å². The van der Waals surface area contributed by atoms with Crippen molar-refractivity contribution in [1.29, 1.82) is 0 Å². The Morgan fingerprint density at radius 1 is 1.21 bits per heavy atom. The molecule has 28 heavy (non-hydrogen) atoms. The molecule has 5 nitrogen and oxygen atoms in total. The van der Waals surface area contributed by atoms with E-state index >= 15 is 0 Å². The number of ketones is 2. The van der Waals surface area contributed by atoms with Crippen molar-refractivity contribution in [3.8, 4) is 0 Å². The highest BCUT2D eigenvalue weighted by Crippen LogP contribution is 2.66. The summed E-state index contributed by atoms with van der Waals surface area (Å²) >= 11 is 0. The molecule has 0 radical (unpaired) electrons. The number of aliphatic hydroxyl groups excluding tert-OH is 1. The molecule has 154 valence electrons. The Kier molecular flexibility index (Phi) is 4.80. The van der Waals surface area contributed by atoms with Crippen LogP contribution in [0.4, 0.5) is 0 Å². The van der Waals surface area contributed by atoms with Gasteiger partial charge in [-0.3, -0.25) is 14.4 Å². The zero-order chi connectivity index (χ0) is 20.3. The van der Waals surface area contributed by atoms with Crippen LogP contribution < -0.4 is 0 Å². The molecule has 0 aromatic heterocycles. The van der Waals surface area contributed by atoms with E-state index in [9.17, 15) is 19.5 Å². The van der Waals surface area contributed by atoms with Crippen molar-refractivity contribution in [2.45, 2.75) is 71.8 Å². The second-order valence-electron chi connectivity index (χ2n) is 10.0. The normalized spacial score (nSPS) is 44.8. The smallest absolute Gasteiger partial charge is 0.303 e. The Morgan fingerprint density at radius 2 is 1.96 bits per heavy atom. The molecule has 4 rings (SSSR count). The third kappa shape index (κ3) is 2.89. The molecule has 3 fully saturated rings. The summed E-state index contributed by atoms with van der Waals surface area (Å²) in [4.78, 5) is 35.9. The molecule has 0 aromatic carbocycles. The first-order valence-electron chi connectivity index (χ1n) is 10.7. The standard InChI is InChI=1S/C23H32O5/c1-13(24)28-12-20(27)18-7-6-17-16-5-4-14-10-15(25)8-9-22(14,2)21(16)19(26)11-23(17,18)3/h10,16-19,21,26H,4-9,11-12H2,1-3H3/t16-,17-,18+,19?,21+,22-,23-/m0/s1. The van der Waals surface area contributed by atoms with Gasteiger partial charge in [-0.15, -0.1) is 0 Å². The molecule has 0 heterocycles. The number of hydrogen-bond donors (Lipinski definition) is 1. The Bertz CT molecular complexity index is 739. The van der Waals surface area contributed by atoms with E-state index < -0.39 is 12.1 Å². The molecule has 0 bridgehead atoms. The lowest BCUT2D eigenvalue weighted by molar-refractivity contribution is -0.154. The molecule has 5 heteroatoms. The average Bonchev–Trinajstić information content (AvgIpc) is 2.96. The fraction of sp³-hybridized carbons (Fsp3) is 0.783. The number of esters is 1. The minimum atomic E-state index is -0.463. The topological polar surface area (TPSA) is 80.7 Å². The zero-order valence-corrected chi connectivity index (χ0v) is 17.2. The highest BCUT2D eigenvalue weighted by molar-refractivity contribution is 5.91. The van der Waals surface area contributed by atoms with Crippen LogP contribution in [0.15, 0.2) is 11.6 Å². The van der Waals surface area contributed by atoms with Crippen LogP contribution in [0.5, 0.6) is 0 Å². The highest BCUT2D eigenvalue weighted by atomic mass is 16.5. The van der Waals surface area contributed by atoms with Crippen molar-refractivity contribution in [2.24, 2.45) is 34.5 Å². The van der Waals surface area contributed by atoms with E-state index in [0.29, 0.717) is 24.7 Å². The first-order chi connectivity index (χ1) is 13.2. The average molecular weight is 389 g/mol. The van der Waals surface area contributed by atoms with Gasteiger partial charge in [-0.25, -0.2) is 0 Å². The van der Waals surface area contributed by atoms with Gasteiger partial charge in [-0.2, -0.15) is 0 Å². The zero-order valence-electron chi connectivity index (χ0n) is 17.2. The number of fused-ring (bicyclic) bond motifs is 5. The molecule has 0 aliphatic heterocycles. The van der Waals surface area contributed by atoms with Crippen LogP contribution in [0.3, 0.4) is 0 Å². The number of carbonyl (C=O) groups is 3. The largest absolute Gasteiger partial charge is 0.458 e. The molecule has 4 aliphatic carbocycles. The van der Waals surface area contributed by atoms with Crippen molar-refractivity contribution in [2.75, 3.05) is 6.61 Å². The monoisotopic (exact) mass is 388 g/mol. The fourth-order valence-corrected chi connectivity index (χ4v) is 7.49. The quantitative estimate of drug-likeness (QED) is 0.751. The highest BCUT2D eigenvalue weighted by Gasteiger charge is 2.62. The Balaban J connectivity index is 1.61. The van der Waals surface area contributed by atoms with Crippen molar-refractivity contribution in [3.63, 3.8) is 0 Å². The Morgan fingerprint density at radius 3 is 2.68 bits per heavy atom. The summed E-state index contributed by atoms with van der Waals surface area (Å²) in [7, 11) is 0.